The van der Waals surface area contributed by atoms with Gasteiger partial charge in [-0.25, -0.2) is 0 Å². The van der Waals surface area contributed by atoms with Crippen LogP contribution in [0.15, 0.2) is 24.5 Å². The average Bonchev–Trinajstić information content (AvgIpc) is 2.84. The Kier molecular flexibility index (Phi) is 4.27. The predicted octanol–water partition coefficient (Wildman–Crippen LogP) is 4.23. The van der Waals surface area contributed by atoms with Crippen molar-refractivity contribution in [2.75, 3.05) is 5.32 Å². The van der Waals surface area contributed by atoms with E-state index >= 15 is 0 Å². The van der Waals surface area contributed by atoms with E-state index in [9.17, 15) is 23.3 Å². The lowest BCUT2D eigenvalue weighted by atomic mass is 10.1. The molecule has 0 aliphatic heterocycles. The molecule has 10 heteroatoms. The number of aromatic nitrogens is 2. The van der Waals surface area contributed by atoms with E-state index < -0.39 is 27.4 Å². The number of nitro groups is 1. The summed E-state index contributed by atoms with van der Waals surface area (Å²) in [4.78, 5) is 10.1. The summed E-state index contributed by atoms with van der Waals surface area (Å²) >= 11 is 5.59. The first-order valence-corrected chi connectivity index (χ1v) is 6.44. The highest BCUT2D eigenvalue weighted by Crippen LogP contribution is 2.40. The molecule has 0 radical (unpaired) electrons. The molecule has 1 aromatic carbocycles. The van der Waals surface area contributed by atoms with Gasteiger partial charge in [0.15, 0.2) is 0 Å². The van der Waals surface area contributed by atoms with E-state index in [4.69, 9.17) is 11.6 Å². The fourth-order valence-corrected chi connectivity index (χ4v) is 2.06. The van der Waals surface area contributed by atoms with Gasteiger partial charge in [0.05, 0.1) is 27.4 Å². The second kappa shape index (κ2) is 5.84. The van der Waals surface area contributed by atoms with Gasteiger partial charge in [0.2, 0.25) is 0 Å². The van der Waals surface area contributed by atoms with Crippen LogP contribution in [-0.4, -0.2) is 14.7 Å². The summed E-state index contributed by atoms with van der Waals surface area (Å²) in [6.07, 6.45) is -1.80. The van der Waals surface area contributed by atoms with Crippen molar-refractivity contribution in [1.29, 1.82) is 0 Å². The number of hydrogen-bond donors (Lipinski definition) is 1. The van der Waals surface area contributed by atoms with Crippen LogP contribution in [0.1, 0.15) is 12.5 Å². The summed E-state index contributed by atoms with van der Waals surface area (Å²) in [5.41, 5.74) is -1.71. The molecule has 1 heterocycles. The third-order valence-corrected chi connectivity index (χ3v) is 3.14. The number of rotatable bonds is 4. The average molecular weight is 335 g/mol. The molecule has 0 aliphatic rings. The molecule has 0 bridgehead atoms. The monoisotopic (exact) mass is 334 g/mol. The molecule has 0 saturated heterocycles. The minimum Gasteiger partial charge on any atom is -0.347 e. The van der Waals surface area contributed by atoms with Crippen LogP contribution in [0.2, 0.25) is 5.02 Å². The summed E-state index contributed by atoms with van der Waals surface area (Å²) < 4.78 is 39.8. The van der Waals surface area contributed by atoms with Gasteiger partial charge in [-0.05, 0) is 13.0 Å². The second-order valence-corrected chi connectivity index (χ2v) is 4.72. The van der Waals surface area contributed by atoms with Gasteiger partial charge in [-0.1, -0.05) is 11.6 Å². The highest BCUT2D eigenvalue weighted by Gasteiger charge is 2.36. The van der Waals surface area contributed by atoms with Crippen molar-refractivity contribution in [2.24, 2.45) is 0 Å². The maximum atomic E-state index is 12.8. The Balaban J connectivity index is 2.46. The fourth-order valence-electron chi connectivity index (χ4n) is 1.79. The van der Waals surface area contributed by atoms with Gasteiger partial charge in [0, 0.05) is 18.8 Å². The topological polar surface area (TPSA) is 73.0 Å². The van der Waals surface area contributed by atoms with E-state index in [0.29, 0.717) is 18.3 Å². The Bertz CT molecular complexity index is 715. The van der Waals surface area contributed by atoms with Crippen molar-refractivity contribution in [3.8, 4) is 0 Å². The van der Waals surface area contributed by atoms with Crippen LogP contribution in [0, 0.1) is 10.1 Å². The quantitative estimate of drug-likeness (QED) is 0.671. The lowest BCUT2D eigenvalue weighted by Gasteiger charge is -2.11. The third-order valence-electron chi connectivity index (χ3n) is 2.82. The molecule has 6 nitrogen and oxygen atoms in total. The normalized spacial score (nSPS) is 11.5. The molecule has 0 spiro atoms. The van der Waals surface area contributed by atoms with Crippen molar-refractivity contribution < 1.29 is 18.1 Å². The molecule has 2 rings (SSSR count). The van der Waals surface area contributed by atoms with Crippen molar-refractivity contribution in [1.82, 2.24) is 9.78 Å². The first-order valence-electron chi connectivity index (χ1n) is 6.07. The molecule has 118 valence electrons. The van der Waals surface area contributed by atoms with Gasteiger partial charge >= 0.3 is 6.18 Å². The number of aryl methyl sites for hydroxylation is 1. The van der Waals surface area contributed by atoms with E-state index in [1.54, 1.807) is 10.9 Å². The maximum Gasteiger partial charge on any atom is 0.418 e. The Hall–Kier alpha value is -2.29. The maximum absolute atomic E-state index is 12.8. The number of halogens is 4. The molecule has 0 fully saturated rings. The SMILES string of the molecule is CCn1cc(Nc2cc(Cl)c(C(F)(F)F)cc2[N+](=O)[O-])cn1. The van der Waals surface area contributed by atoms with Gasteiger partial charge in [-0.15, -0.1) is 0 Å². The molecule has 1 N–H and O–H groups in total. The van der Waals surface area contributed by atoms with E-state index in [2.05, 4.69) is 10.4 Å². The van der Waals surface area contributed by atoms with Crippen LogP contribution in [0.25, 0.3) is 0 Å². The number of alkyl halides is 3. The molecular weight excluding hydrogens is 325 g/mol. The Labute approximate surface area is 127 Å². The van der Waals surface area contributed by atoms with Crippen molar-refractivity contribution in [3.63, 3.8) is 0 Å². The Morgan fingerprint density at radius 1 is 1.45 bits per heavy atom. The first-order chi connectivity index (χ1) is 10.2. The number of hydrogen-bond acceptors (Lipinski definition) is 4. The van der Waals surface area contributed by atoms with Gasteiger partial charge in [-0.3, -0.25) is 14.8 Å². The molecule has 22 heavy (non-hydrogen) atoms. The predicted molar refractivity (Wildman–Crippen MR) is 74.3 cm³/mol. The van der Waals surface area contributed by atoms with E-state index in [-0.39, 0.29) is 5.69 Å². The lowest BCUT2D eigenvalue weighted by molar-refractivity contribution is -0.384. The molecule has 1 aromatic heterocycles. The highest BCUT2D eigenvalue weighted by atomic mass is 35.5. The smallest absolute Gasteiger partial charge is 0.347 e. The van der Waals surface area contributed by atoms with Gasteiger partial charge in [0.1, 0.15) is 5.69 Å². The van der Waals surface area contributed by atoms with Crippen molar-refractivity contribution in [2.45, 2.75) is 19.6 Å². The summed E-state index contributed by atoms with van der Waals surface area (Å²) in [6.45, 7) is 2.42. The first kappa shape index (κ1) is 16.1. The van der Waals surface area contributed by atoms with E-state index in [1.165, 1.54) is 6.20 Å². The molecule has 0 aliphatic carbocycles. The van der Waals surface area contributed by atoms with Crippen LogP contribution >= 0.6 is 11.6 Å². The summed E-state index contributed by atoms with van der Waals surface area (Å²) in [5.74, 6) is 0. The van der Waals surface area contributed by atoms with E-state index in [0.717, 1.165) is 6.07 Å². The largest absolute Gasteiger partial charge is 0.418 e. The van der Waals surface area contributed by atoms with Crippen molar-refractivity contribution >= 4 is 28.7 Å². The molecule has 0 amide bonds. The van der Waals surface area contributed by atoms with Crippen LogP contribution in [-0.2, 0) is 12.7 Å². The summed E-state index contributed by atoms with van der Waals surface area (Å²) in [7, 11) is 0. The standard InChI is InChI=1S/C12H10ClF3N4O2/c1-2-19-6-7(5-17-19)18-10-4-9(13)8(12(14,15)16)3-11(10)20(21)22/h3-6,18H,2H2,1H3. The molecule has 0 saturated carbocycles. The molecule has 0 atom stereocenters. The van der Waals surface area contributed by atoms with Crippen LogP contribution in [0.3, 0.4) is 0 Å². The van der Waals surface area contributed by atoms with Gasteiger partial charge in [0.25, 0.3) is 5.69 Å². The molecular formula is C12H10ClF3N4O2. The zero-order valence-electron chi connectivity index (χ0n) is 11.2. The molecule has 0 unspecified atom stereocenters. The second-order valence-electron chi connectivity index (χ2n) is 4.31. The molecule has 2 aromatic rings. The number of anilines is 2. The van der Waals surface area contributed by atoms with Crippen LogP contribution < -0.4 is 5.32 Å². The minimum atomic E-state index is -4.77. The zero-order valence-corrected chi connectivity index (χ0v) is 11.9. The number of nitro benzene ring substituents is 1. The summed E-state index contributed by atoms with van der Waals surface area (Å²) in [5, 5.41) is 17.0. The Morgan fingerprint density at radius 2 is 2.14 bits per heavy atom. The van der Waals surface area contributed by atoms with Crippen LogP contribution in [0.5, 0.6) is 0 Å². The van der Waals surface area contributed by atoms with Crippen LogP contribution in [0.4, 0.5) is 30.2 Å². The Morgan fingerprint density at radius 3 is 2.64 bits per heavy atom. The van der Waals surface area contributed by atoms with Gasteiger partial charge in [-0.2, -0.15) is 18.3 Å². The van der Waals surface area contributed by atoms with Crippen molar-refractivity contribution in [3.05, 3.63) is 45.2 Å². The summed E-state index contributed by atoms with van der Waals surface area (Å²) in [6, 6.07) is 1.29. The lowest BCUT2D eigenvalue weighted by Crippen LogP contribution is -2.08. The number of benzene rings is 1. The minimum absolute atomic E-state index is 0.140. The fraction of sp³-hybridized carbons (Fsp3) is 0.250. The van der Waals surface area contributed by atoms with E-state index in [1.807, 2.05) is 6.92 Å². The van der Waals surface area contributed by atoms with Gasteiger partial charge < -0.3 is 5.32 Å². The third kappa shape index (κ3) is 3.30. The number of nitrogens with one attached hydrogen (secondary N) is 1. The zero-order chi connectivity index (χ0) is 16.5. The highest BCUT2D eigenvalue weighted by molar-refractivity contribution is 6.31. The number of nitrogens with zero attached hydrogens (tertiary/aromatic N) is 3.